The summed E-state index contributed by atoms with van der Waals surface area (Å²) in [6, 6.07) is 14.3. The fraction of sp³-hybridized carbons (Fsp3) is 0.0500. The third kappa shape index (κ3) is 2.48. The Hall–Kier alpha value is -3.05. The minimum Gasteiger partial charge on any atom is -0.395 e. The molecule has 0 aliphatic carbocycles. The molecule has 0 bridgehead atoms. The monoisotopic (exact) mass is 366 g/mol. The van der Waals surface area contributed by atoms with Gasteiger partial charge >= 0.3 is 0 Å². The van der Waals surface area contributed by atoms with Gasteiger partial charge in [-0.2, -0.15) is 0 Å². The fourth-order valence-electron chi connectivity index (χ4n) is 3.22. The molecular weight excluding hydrogens is 351 g/mol. The molecular formula is C20H16ClFN4. The van der Waals surface area contributed by atoms with Crippen LogP contribution < -0.4 is 11.5 Å². The van der Waals surface area contributed by atoms with Crippen molar-refractivity contribution in [2.45, 2.75) is 6.92 Å². The Labute approximate surface area is 154 Å². The van der Waals surface area contributed by atoms with Crippen LogP contribution in [0.4, 0.5) is 15.9 Å². The summed E-state index contributed by atoms with van der Waals surface area (Å²) in [5, 5.41) is 0.856. The van der Waals surface area contributed by atoms with Crippen LogP contribution in [0.2, 0.25) is 5.02 Å². The molecule has 6 heteroatoms. The van der Waals surface area contributed by atoms with E-state index in [0.717, 1.165) is 27.7 Å². The van der Waals surface area contributed by atoms with Gasteiger partial charge in [0.2, 0.25) is 0 Å². The molecule has 4 rings (SSSR count). The summed E-state index contributed by atoms with van der Waals surface area (Å²) in [5.74, 6) is -0.0932. The van der Waals surface area contributed by atoms with Gasteiger partial charge in [-0.25, -0.2) is 4.39 Å². The summed E-state index contributed by atoms with van der Waals surface area (Å²) >= 11 is 5.98. The van der Waals surface area contributed by atoms with Gasteiger partial charge in [-0.1, -0.05) is 29.8 Å². The number of rotatable bonds is 2. The first kappa shape index (κ1) is 16.4. The molecule has 4 aromatic rings. The highest BCUT2D eigenvalue weighted by Crippen LogP contribution is 2.39. The third-order valence-corrected chi connectivity index (χ3v) is 4.73. The van der Waals surface area contributed by atoms with Crippen molar-refractivity contribution in [3.05, 3.63) is 71.3 Å². The van der Waals surface area contributed by atoms with Crippen LogP contribution in [-0.4, -0.2) is 9.55 Å². The lowest BCUT2D eigenvalue weighted by Gasteiger charge is -2.12. The number of hydrogen-bond acceptors (Lipinski definition) is 3. The zero-order chi connectivity index (χ0) is 18.4. The SMILES string of the molecule is Cc1cc(-c2cccc3c(N)c(N)n(-c4ccc(F)c(Cl)c4)c23)ccn1. The minimum atomic E-state index is -0.483. The van der Waals surface area contributed by atoms with E-state index < -0.39 is 5.82 Å². The van der Waals surface area contributed by atoms with E-state index in [0.29, 0.717) is 17.2 Å². The van der Waals surface area contributed by atoms with E-state index in [-0.39, 0.29) is 5.02 Å². The molecule has 0 aliphatic rings. The van der Waals surface area contributed by atoms with Crippen LogP contribution in [0, 0.1) is 12.7 Å². The van der Waals surface area contributed by atoms with Crippen LogP contribution in [0.15, 0.2) is 54.7 Å². The summed E-state index contributed by atoms with van der Waals surface area (Å²) in [6.07, 6.45) is 1.76. The molecule has 4 N–H and O–H groups in total. The number of aryl methyl sites for hydroxylation is 1. The molecule has 26 heavy (non-hydrogen) atoms. The van der Waals surface area contributed by atoms with Crippen LogP contribution in [0.25, 0.3) is 27.7 Å². The predicted molar refractivity (Wildman–Crippen MR) is 105 cm³/mol. The fourth-order valence-corrected chi connectivity index (χ4v) is 3.39. The van der Waals surface area contributed by atoms with E-state index in [9.17, 15) is 4.39 Å². The van der Waals surface area contributed by atoms with Gasteiger partial charge in [0.15, 0.2) is 0 Å². The highest BCUT2D eigenvalue weighted by atomic mass is 35.5. The number of para-hydroxylation sites is 1. The second-order valence-electron chi connectivity index (χ2n) is 6.12. The molecule has 0 unspecified atom stereocenters. The van der Waals surface area contributed by atoms with Gasteiger partial charge in [-0.05, 0) is 42.8 Å². The molecule has 130 valence electrons. The first-order valence-corrected chi connectivity index (χ1v) is 8.42. The molecule has 2 aromatic heterocycles. The van der Waals surface area contributed by atoms with Gasteiger partial charge in [0.05, 0.1) is 16.2 Å². The lowest BCUT2D eigenvalue weighted by Crippen LogP contribution is -2.02. The van der Waals surface area contributed by atoms with Gasteiger partial charge in [0, 0.05) is 28.5 Å². The maximum Gasteiger partial charge on any atom is 0.141 e. The van der Waals surface area contributed by atoms with Crippen molar-refractivity contribution in [2.24, 2.45) is 0 Å². The zero-order valence-electron chi connectivity index (χ0n) is 14.0. The second kappa shape index (κ2) is 6.04. The second-order valence-corrected chi connectivity index (χ2v) is 6.53. The number of nitrogen functional groups attached to an aromatic ring is 2. The summed E-state index contributed by atoms with van der Waals surface area (Å²) < 4.78 is 15.4. The Balaban J connectivity index is 2.10. The van der Waals surface area contributed by atoms with Crippen LogP contribution >= 0.6 is 11.6 Å². The van der Waals surface area contributed by atoms with E-state index in [1.807, 2.05) is 37.3 Å². The standard InChI is InChI=1S/C20H16ClFN4/c1-11-9-12(7-8-25-11)14-3-2-4-15-18(23)20(24)26(19(14)15)13-5-6-17(22)16(21)10-13/h2-10H,23-24H2,1H3. The predicted octanol–water partition coefficient (Wildman–Crippen LogP) is 4.96. The highest BCUT2D eigenvalue weighted by Gasteiger charge is 2.18. The topological polar surface area (TPSA) is 69.9 Å². The quantitative estimate of drug-likeness (QED) is 0.527. The Kier molecular flexibility index (Phi) is 3.81. The molecule has 0 saturated carbocycles. The molecule has 0 spiro atoms. The van der Waals surface area contributed by atoms with E-state index in [4.69, 9.17) is 23.1 Å². The number of pyridine rings is 1. The van der Waals surface area contributed by atoms with Crippen molar-refractivity contribution in [3.8, 4) is 16.8 Å². The average molecular weight is 367 g/mol. The minimum absolute atomic E-state index is 0.0274. The molecule has 0 amide bonds. The lowest BCUT2D eigenvalue weighted by atomic mass is 10.0. The van der Waals surface area contributed by atoms with Gasteiger partial charge in [0.25, 0.3) is 0 Å². The number of aromatic nitrogens is 2. The molecule has 0 fully saturated rings. The van der Waals surface area contributed by atoms with Crippen molar-refractivity contribution in [3.63, 3.8) is 0 Å². The maximum absolute atomic E-state index is 13.6. The summed E-state index contributed by atoms with van der Waals surface area (Å²) in [4.78, 5) is 4.25. The highest BCUT2D eigenvalue weighted by molar-refractivity contribution is 6.31. The number of fused-ring (bicyclic) bond motifs is 1. The Bertz CT molecular complexity index is 1150. The van der Waals surface area contributed by atoms with E-state index in [1.165, 1.54) is 6.07 Å². The number of hydrogen-bond donors (Lipinski definition) is 2. The van der Waals surface area contributed by atoms with Crippen molar-refractivity contribution < 1.29 is 4.39 Å². The summed E-state index contributed by atoms with van der Waals surface area (Å²) in [6.45, 7) is 1.94. The molecule has 0 saturated heterocycles. The Morgan fingerprint density at radius 3 is 2.62 bits per heavy atom. The van der Waals surface area contributed by atoms with E-state index in [1.54, 1.807) is 22.9 Å². The van der Waals surface area contributed by atoms with Gasteiger partial charge in [0.1, 0.15) is 11.6 Å². The van der Waals surface area contributed by atoms with Crippen LogP contribution in [0.5, 0.6) is 0 Å². The van der Waals surface area contributed by atoms with Crippen LogP contribution in [-0.2, 0) is 0 Å². The molecule has 2 heterocycles. The van der Waals surface area contributed by atoms with Gasteiger partial charge in [-0.3, -0.25) is 9.55 Å². The maximum atomic E-state index is 13.6. The average Bonchev–Trinajstić information content (AvgIpc) is 2.89. The molecule has 0 radical (unpaired) electrons. The zero-order valence-corrected chi connectivity index (χ0v) is 14.8. The van der Waals surface area contributed by atoms with Crippen LogP contribution in [0.3, 0.4) is 0 Å². The van der Waals surface area contributed by atoms with Crippen molar-refractivity contribution in [1.82, 2.24) is 9.55 Å². The largest absolute Gasteiger partial charge is 0.395 e. The summed E-state index contributed by atoms with van der Waals surface area (Å²) in [5.41, 5.74) is 17.4. The van der Waals surface area contributed by atoms with Crippen molar-refractivity contribution in [1.29, 1.82) is 0 Å². The molecule has 0 aliphatic heterocycles. The van der Waals surface area contributed by atoms with Crippen LogP contribution in [0.1, 0.15) is 5.69 Å². The van der Waals surface area contributed by atoms with Gasteiger partial charge < -0.3 is 11.5 Å². The smallest absolute Gasteiger partial charge is 0.141 e. The Morgan fingerprint density at radius 2 is 1.88 bits per heavy atom. The van der Waals surface area contributed by atoms with E-state index in [2.05, 4.69) is 4.98 Å². The summed E-state index contributed by atoms with van der Waals surface area (Å²) in [7, 11) is 0. The normalized spacial score (nSPS) is 11.2. The molecule has 0 atom stereocenters. The first-order valence-electron chi connectivity index (χ1n) is 8.04. The molecule has 2 aromatic carbocycles. The first-order chi connectivity index (χ1) is 12.5. The number of anilines is 2. The number of nitrogens with zero attached hydrogens (tertiary/aromatic N) is 2. The number of halogens is 2. The third-order valence-electron chi connectivity index (χ3n) is 4.44. The van der Waals surface area contributed by atoms with Crippen molar-refractivity contribution in [2.75, 3.05) is 11.5 Å². The Morgan fingerprint density at radius 1 is 1.08 bits per heavy atom. The lowest BCUT2D eigenvalue weighted by molar-refractivity contribution is 0.628. The number of benzene rings is 2. The number of nitrogens with two attached hydrogens (primary N) is 2. The van der Waals surface area contributed by atoms with Crippen molar-refractivity contribution >= 4 is 34.0 Å². The molecule has 4 nitrogen and oxygen atoms in total. The van der Waals surface area contributed by atoms with E-state index >= 15 is 0 Å². The van der Waals surface area contributed by atoms with Gasteiger partial charge in [-0.15, -0.1) is 0 Å².